The Kier molecular flexibility index (Phi) is 3.99. The summed E-state index contributed by atoms with van der Waals surface area (Å²) in [7, 11) is 1.54. The molecule has 0 aliphatic carbocycles. The van der Waals surface area contributed by atoms with E-state index in [0.717, 1.165) is 6.20 Å². The molecule has 8 nitrogen and oxygen atoms in total. The lowest BCUT2D eigenvalue weighted by Gasteiger charge is -2.09. The SMILES string of the molecule is COc1ccc(Nc2nc(N)ncc2[N+](=O)[O-])cc1Br. The van der Waals surface area contributed by atoms with Crippen molar-refractivity contribution >= 4 is 39.1 Å². The number of rotatable bonds is 4. The Balaban J connectivity index is 2.36. The van der Waals surface area contributed by atoms with Crippen LogP contribution in [0.15, 0.2) is 28.9 Å². The van der Waals surface area contributed by atoms with E-state index in [1.54, 1.807) is 25.3 Å². The Hall–Kier alpha value is -2.42. The van der Waals surface area contributed by atoms with Gasteiger partial charge >= 0.3 is 5.69 Å². The smallest absolute Gasteiger partial charge is 0.329 e. The Morgan fingerprint density at radius 3 is 2.85 bits per heavy atom. The molecule has 0 fully saturated rings. The summed E-state index contributed by atoms with van der Waals surface area (Å²) in [4.78, 5) is 17.8. The van der Waals surface area contributed by atoms with Crippen molar-refractivity contribution < 1.29 is 9.66 Å². The average molecular weight is 340 g/mol. The van der Waals surface area contributed by atoms with Crippen molar-refractivity contribution in [1.82, 2.24) is 9.97 Å². The van der Waals surface area contributed by atoms with Gasteiger partial charge in [-0.3, -0.25) is 10.1 Å². The number of nitrogens with one attached hydrogen (secondary N) is 1. The largest absolute Gasteiger partial charge is 0.496 e. The molecular formula is C11H10BrN5O3. The van der Waals surface area contributed by atoms with Gasteiger partial charge in [0.15, 0.2) is 0 Å². The van der Waals surface area contributed by atoms with Gasteiger partial charge in [0.1, 0.15) is 11.9 Å². The molecule has 0 spiro atoms. The van der Waals surface area contributed by atoms with E-state index in [1.807, 2.05) is 0 Å². The second-order valence-corrected chi connectivity index (χ2v) is 4.55. The summed E-state index contributed by atoms with van der Waals surface area (Å²) in [6, 6.07) is 5.12. The van der Waals surface area contributed by atoms with Crippen LogP contribution in [0.1, 0.15) is 0 Å². The maximum absolute atomic E-state index is 10.9. The third-order valence-electron chi connectivity index (χ3n) is 2.40. The van der Waals surface area contributed by atoms with Crippen LogP contribution in [0.4, 0.5) is 23.1 Å². The lowest BCUT2D eigenvalue weighted by molar-refractivity contribution is -0.384. The maximum Gasteiger partial charge on any atom is 0.329 e. The van der Waals surface area contributed by atoms with E-state index in [1.165, 1.54) is 0 Å². The second kappa shape index (κ2) is 5.70. The van der Waals surface area contributed by atoms with E-state index in [2.05, 4.69) is 31.2 Å². The van der Waals surface area contributed by atoms with Crippen molar-refractivity contribution in [1.29, 1.82) is 0 Å². The number of halogens is 1. The molecule has 0 radical (unpaired) electrons. The van der Waals surface area contributed by atoms with Crippen LogP contribution in [-0.4, -0.2) is 22.0 Å². The molecule has 0 saturated heterocycles. The number of methoxy groups -OCH3 is 1. The highest BCUT2D eigenvalue weighted by Gasteiger charge is 2.17. The molecule has 1 aromatic heterocycles. The maximum atomic E-state index is 10.9. The molecule has 0 atom stereocenters. The van der Waals surface area contributed by atoms with Crippen LogP contribution in [0.5, 0.6) is 5.75 Å². The highest BCUT2D eigenvalue weighted by molar-refractivity contribution is 9.10. The minimum absolute atomic E-state index is 0.0274. The fraction of sp³-hybridized carbons (Fsp3) is 0.0909. The van der Waals surface area contributed by atoms with Crippen molar-refractivity contribution in [3.63, 3.8) is 0 Å². The molecule has 0 aliphatic rings. The van der Waals surface area contributed by atoms with Crippen molar-refractivity contribution in [3.8, 4) is 5.75 Å². The molecule has 0 saturated carbocycles. The Morgan fingerprint density at radius 2 is 2.25 bits per heavy atom. The van der Waals surface area contributed by atoms with Crippen LogP contribution in [0, 0.1) is 10.1 Å². The average Bonchev–Trinajstić information content (AvgIpc) is 2.38. The highest BCUT2D eigenvalue weighted by Crippen LogP contribution is 2.31. The van der Waals surface area contributed by atoms with E-state index in [0.29, 0.717) is 15.9 Å². The normalized spacial score (nSPS) is 10.1. The number of nitrogens with zero attached hydrogens (tertiary/aromatic N) is 3. The van der Waals surface area contributed by atoms with Crippen molar-refractivity contribution in [2.75, 3.05) is 18.2 Å². The molecule has 9 heteroatoms. The molecule has 2 aromatic rings. The summed E-state index contributed by atoms with van der Waals surface area (Å²) in [6.45, 7) is 0. The molecule has 20 heavy (non-hydrogen) atoms. The number of nitrogens with two attached hydrogens (primary N) is 1. The van der Waals surface area contributed by atoms with Crippen LogP contribution in [0.3, 0.4) is 0 Å². The molecule has 1 heterocycles. The molecule has 0 amide bonds. The highest BCUT2D eigenvalue weighted by atomic mass is 79.9. The van der Waals surface area contributed by atoms with Crippen molar-refractivity contribution in [2.45, 2.75) is 0 Å². The standard InChI is InChI=1S/C11H10BrN5O3/c1-20-9-3-2-6(4-7(9)12)15-10-8(17(18)19)5-14-11(13)16-10/h2-5H,1H3,(H3,13,14,15,16). The number of ether oxygens (including phenoxy) is 1. The van der Waals surface area contributed by atoms with Crippen LogP contribution < -0.4 is 15.8 Å². The quantitative estimate of drug-likeness (QED) is 0.649. The first-order chi connectivity index (χ1) is 9.51. The predicted octanol–water partition coefficient (Wildman–Crippen LogP) is 2.48. The van der Waals surface area contributed by atoms with Crippen LogP contribution >= 0.6 is 15.9 Å². The van der Waals surface area contributed by atoms with Gasteiger partial charge < -0.3 is 15.8 Å². The van der Waals surface area contributed by atoms with E-state index in [-0.39, 0.29) is 17.5 Å². The van der Waals surface area contributed by atoms with Gasteiger partial charge in [0.05, 0.1) is 16.5 Å². The molecule has 2 rings (SSSR count). The molecule has 1 aromatic carbocycles. The fourth-order valence-electron chi connectivity index (χ4n) is 1.50. The lowest BCUT2D eigenvalue weighted by atomic mass is 10.3. The Morgan fingerprint density at radius 1 is 1.50 bits per heavy atom. The van der Waals surface area contributed by atoms with Crippen LogP contribution in [0.25, 0.3) is 0 Å². The first-order valence-electron chi connectivity index (χ1n) is 5.38. The van der Waals surface area contributed by atoms with Gasteiger partial charge in [-0.2, -0.15) is 4.98 Å². The molecular weight excluding hydrogens is 330 g/mol. The number of aromatic nitrogens is 2. The number of anilines is 3. The Bertz CT molecular complexity index is 665. The molecule has 3 N–H and O–H groups in total. The second-order valence-electron chi connectivity index (χ2n) is 3.69. The Labute approximate surface area is 122 Å². The van der Waals surface area contributed by atoms with Crippen LogP contribution in [-0.2, 0) is 0 Å². The third kappa shape index (κ3) is 2.94. The summed E-state index contributed by atoms with van der Waals surface area (Å²) in [6.07, 6.45) is 1.06. The monoisotopic (exact) mass is 339 g/mol. The van der Waals surface area contributed by atoms with Gasteiger partial charge in [-0.15, -0.1) is 0 Å². The number of benzene rings is 1. The number of nitro groups is 1. The molecule has 0 bridgehead atoms. The van der Waals surface area contributed by atoms with Gasteiger partial charge in [-0.05, 0) is 34.1 Å². The first kappa shape index (κ1) is 14.0. The van der Waals surface area contributed by atoms with Gasteiger partial charge in [0.25, 0.3) is 0 Å². The summed E-state index contributed by atoms with van der Waals surface area (Å²) >= 11 is 3.33. The summed E-state index contributed by atoms with van der Waals surface area (Å²) < 4.78 is 5.81. The number of hydrogen-bond donors (Lipinski definition) is 2. The fourth-order valence-corrected chi connectivity index (χ4v) is 2.04. The van der Waals surface area contributed by atoms with Crippen LogP contribution in [0.2, 0.25) is 0 Å². The van der Waals surface area contributed by atoms with E-state index < -0.39 is 4.92 Å². The van der Waals surface area contributed by atoms with E-state index in [9.17, 15) is 10.1 Å². The summed E-state index contributed by atoms with van der Waals surface area (Å²) in [5.74, 6) is 0.623. The molecule has 104 valence electrons. The minimum Gasteiger partial charge on any atom is -0.496 e. The topological polar surface area (TPSA) is 116 Å². The van der Waals surface area contributed by atoms with Gasteiger partial charge in [-0.1, -0.05) is 0 Å². The summed E-state index contributed by atoms with van der Waals surface area (Å²) in [5.41, 5.74) is 5.78. The lowest BCUT2D eigenvalue weighted by Crippen LogP contribution is -2.04. The zero-order valence-electron chi connectivity index (χ0n) is 10.3. The van der Waals surface area contributed by atoms with E-state index in [4.69, 9.17) is 10.5 Å². The predicted molar refractivity (Wildman–Crippen MR) is 77.1 cm³/mol. The number of hydrogen-bond acceptors (Lipinski definition) is 7. The summed E-state index contributed by atoms with van der Waals surface area (Å²) in [5, 5.41) is 13.7. The first-order valence-corrected chi connectivity index (χ1v) is 6.18. The molecule has 0 aliphatic heterocycles. The van der Waals surface area contributed by atoms with Gasteiger partial charge in [0, 0.05) is 5.69 Å². The number of nitrogen functional groups attached to an aromatic ring is 1. The van der Waals surface area contributed by atoms with Crippen molar-refractivity contribution in [2.24, 2.45) is 0 Å². The zero-order chi connectivity index (χ0) is 14.7. The van der Waals surface area contributed by atoms with Gasteiger partial charge in [-0.25, -0.2) is 4.98 Å². The molecule has 0 unspecified atom stereocenters. The van der Waals surface area contributed by atoms with Gasteiger partial charge in [0.2, 0.25) is 11.8 Å². The van der Waals surface area contributed by atoms with E-state index >= 15 is 0 Å². The zero-order valence-corrected chi connectivity index (χ0v) is 11.9. The third-order valence-corrected chi connectivity index (χ3v) is 3.02. The van der Waals surface area contributed by atoms with Crippen molar-refractivity contribution in [3.05, 3.63) is 39.0 Å². The minimum atomic E-state index is -0.583.